The molecular weight excluding hydrogens is 462 g/mol. The van der Waals surface area contributed by atoms with Crippen molar-refractivity contribution in [1.29, 1.82) is 0 Å². The normalized spacial score (nSPS) is 27.5. The number of allylic oxidation sites excluding steroid dienone is 3. The third-order valence-corrected chi connectivity index (χ3v) is 7.69. The van der Waals surface area contributed by atoms with Crippen molar-refractivity contribution in [3.63, 3.8) is 0 Å². The molecule has 0 aromatic carbocycles. The van der Waals surface area contributed by atoms with Crippen molar-refractivity contribution in [2.75, 3.05) is 5.32 Å². The predicted molar refractivity (Wildman–Crippen MR) is 134 cm³/mol. The molecule has 2 aliphatic rings. The molecule has 1 amide bonds. The molecule has 1 heterocycles. The minimum atomic E-state index is -0.994. The van der Waals surface area contributed by atoms with Gasteiger partial charge in [0, 0.05) is 5.92 Å². The first-order valence-corrected chi connectivity index (χ1v) is 13.0. The van der Waals surface area contributed by atoms with Crippen LogP contribution < -0.4 is 5.32 Å². The molecule has 7 atom stereocenters. The molecule has 0 saturated heterocycles. The van der Waals surface area contributed by atoms with Crippen molar-refractivity contribution in [1.82, 2.24) is 20.6 Å². The molecule has 10 nitrogen and oxygen atoms in total. The van der Waals surface area contributed by atoms with Crippen molar-refractivity contribution >= 4 is 17.8 Å². The summed E-state index contributed by atoms with van der Waals surface area (Å²) in [4.78, 5) is 25.0. The number of nitrogens with zero attached hydrogens (tertiary/aromatic N) is 3. The summed E-state index contributed by atoms with van der Waals surface area (Å²) in [5.41, 5.74) is 0.676. The Morgan fingerprint density at radius 3 is 2.69 bits per heavy atom. The monoisotopic (exact) mass is 503 g/mol. The van der Waals surface area contributed by atoms with Gasteiger partial charge in [-0.15, -0.1) is 5.10 Å². The topological polar surface area (TPSA) is 150 Å². The maximum Gasteiger partial charge on any atom is 0.311 e. The molecule has 0 spiro atoms. The van der Waals surface area contributed by atoms with Gasteiger partial charge >= 0.3 is 5.97 Å². The van der Waals surface area contributed by atoms with Gasteiger partial charge in [-0.2, -0.15) is 5.21 Å². The van der Waals surface area contributed by atoms with Crippen LogP contribution in [0, 0.1) is 29.1 Å². The molecule has 0 saturated carbocycles. The van der Waals surface area contributed by atoms with Crippen LogP contribution >= 0.6 is 0 Å². The number of anilines is 1. The van der Waals surface area contributed by atoms with Gasteiger partial charge in [-0.3, -0.25) is 14.9 Å². The molecule has 36 heavy (non-hydrogen) atoms. The van der Waals surface area contributed by atoms with Gasteiger partial charge in [-0.1, -0.05) is 44.1 Å². The van der Waals surface area contributed by atoms with Crippen LogP contribution in [0.25, 0.3) is 0 Å². The van der Waals surface area contributed by atoms with E-state index in [4.69, 9.17) is 4.74 Å². The van der Waals surface area contributed by atoms with E-state index >= 15 is 0 Å². The van der Waals surface area contributed by atoms with Crippen molar-refractivity contribution in [2.24, 2.45) is 29.1 Å². The standard InChI is InChI=1S/C26H41N5O5/c1-6-26(4,5)24(35)36-21-12-15(2)11-17-8-7-16(3)20(23(17)21)10-9-18(32)13-19(33)14-22(34)27-25-28-30-31-29-25/h7-8,11,15-16,18-21,23,32-33H,6,9-10,12-14H2,1-5H3,(H2,27,28,29,30,31,34)/t15-,16-,18+,19+,20-,21-,23?/m0/s1. The fraction of sp³-hybridized carbons (Fsp3) is 0.731. The zero-order valence-corrected chi connectivity index (χ0v) is 22.0. The number of carbonyl (C=O) groups is 2. The van der Waals surface area contributed by atoms with Crippen LogP contribution in [0.2, 0.25) is 0 Å². The molecule has 200 valence electrons. The lowest BCUT2D eigenvalue weighted by molar-refractivity contribution is -0.164. The first-order valence-electron chi connectivity index (χ1n) is 13.0. The Morgan fingerprint density at radius 1 is 1.28 bits per heavy atom. The van der Waals surface area contributed by atoms with Crippen LogP contribution in [0.3, 0.4) is 0 Å². The number of aromatic nitrogens is 4. The highest BCUT2D eigenvalue weighted by atomic mass is 16.5. The number of aliphatic hydroxyl groups excluding tert-OH is 2. The molecule has 2 aliphatic carbocycles. The summed E-state index contributed by atoms with van der Waals surface area (Å²) in [7, 11) is 0. The number of fused-ring (bicyclic) bond motifs is 1. The van der Waals surface area contributed by atoms with E-state index in [1.54, 1.807) is 0 Å². The third kappa shape index (κ3) is 7.22. The van der Waals surface area contributed by atoms with E-state index in [1.165, 1.54) is 5.57 Å². The summed E-state index contributed by atoms with van der Waals surface area (Å²) >= 11 is 0. The molecule has 0 fully saturated rings. The number of hydrogen-bond donors (Lipinski definition) is 4. The molecule has 1 unspecified atom stereocenters. The molecule has 10 heteroatoms. The minimum absolute atomic E-state index is 0.0373. The van der Waals surface area contributed by atoms with Crippen LogP contribution in [-0.2, 0) is 14.3 Å². The number of H-pyrrole nitrogens is 1. The summed E-state index contributed by atoms with van der Waals surface area (Å²) in [6.45, 7) is 10.1. The highest BCUT2D eigenvalue weighted by Crippen LogP contribution is 2.45. The van der Waals surface area contributed by atoms with Crippen LogP contribution in [0.1, 0.15) is 73.1 Å². The first kappa shape index (κ1) is 28.0. The second kappa shape index (κ2) is 12.1. The number of rotatable bonds is 11. The fourth-order valence-corrected chi connectivity index (χ4v) is 5.17. The smallest absolute Gasteiger partial charge is 0.311 e. The van der Waals surface area contributed by atoms with Crippen molar-refractivity contribution in [3.8, 4) is 0 Å². The number of ether oxygens (including phenoxy) is 1. The van der Waals surface area contributed by atoms with E-state index in [0.717, 1.165) is 12.8 Å². The van der Waals surface area contributed by atoms with E-state index in [1.807, 2.05) is 20.8 Å². The molecular formula is C26H41N5O5. The third-order valence-electron chi connectivity index (χ3n) is 7.69. The zero-order valence-electron chi connectivity index (χ0n) is 22.0. The number of tetrazole rings is 1. The lowest BCUT2D eigenvalue weighted by Crippen LogP contribution is -2.43. The van der Waals surface area contributed by atoms with Crippen molar-refractivity contribution < 1.29 is 24.5 Å². The summed E-state index contributed by atoms with van der Waals surface area (Å²) < 4.78 is 6.15. The lowest BCUT2D eigenvalue weighted by Gasteiger charge is -2.44. The van der Waals surface area contributed by atoms with Gasteiger partial charge in [0.15, 0.2) is 0 Å². The molecule has 4 N–H and O–H groups in total. The Bertz CT molecular complexity index is 945. The van der Waals surface area contributed by atoms with Gasteiger partial charge in [-0.05, 0) is 74.5 Å². The Labute approximate surface area is 213 Å². The Morgan fingerprint density at radius 2 is 2.03 bits per heavy atom. The Kier molecular flexibility index (Phi) is 9.41. The lowest BCUT2D eigenvalue weighted by atomic mass is 9.65. The number of aromatic amines is 1. The molecule has 0 aliphatic heterocycles. The van der Waals surface area contributed by atoms with Gasteiger partial charge < -0.3 is 14.9 Å². The van der Waals surface area contributed by atoms with Gasteiger partial charge in [0.2, 0.25) is 5.91 Å². The minimum Gasteiger partial charge on any atom is -0.461 e. The van der Waals surface area contributed by atoms with E-state index in [9.17, 15) is 19.8 Å². The van der Waals surface area contributed by atoms with E-state index < -0.39 is 23.5 Å². The summed E-state index contributed by atoms with van der Waals surface area (Å²) in [5.74, 6) is 0.283. The second-order valence-corrected chi connectivity index (χ2v) is 11.1. The van der Waals surface area contributed by atoms with E-state index in [-0.39, 0.29) is 48.6 Å². The summed E-state index contributed by atoms with van der Waals surface area (Å²) in [6.07, 6.45) is 7.29. The Balaban J connectivity index is 1.60. The van der Waals surface area contributed by atoms with E-state index in [0.29, 0.717) is 18.8 Å². The summed E-state index contributed by atoms with van der Waals surface area (Å²) in [6, 6.07) is 0. The average molecular weight is 504 g/mol. The molecule has 1 aromatic rings. The second-order valence-electron chi connectivity index (χ2n) is 11.1. The number of esters is 1. The van der Waals surface area contributed by atoms with Crippen LogP contribution in [0.5, 0.6) is 0 Å². The molecule has 1 aromatic heterocycles. The molecule has 0 bridgehead atoms. The fourth-order valence-electron chi connectivity index (χ4n) is 5.17. The highest BCUT2D eigenvalue weighted by molar-refractivity contribution is 5.89. The van der Waals surface area contributed by atoms with Gasteiger partial charge in [0.25, 0.3) is 5.95 Å². The van der Waals surface area contributed by atoms with Crippen molar-refractivity contribution in [2.45, 2.75) is 91.5 Å². The zero-order chi connectivity index (χ0) is 26.5. The number of aliphatic hydroxyl groups is 2. The predicted octanol–water partition coefficient (Wildman–Crippen LogP) is 3.17. The van der Waals surface area contributed by atoms with Gasteiger partial charge in [-0.25, -0.2) is 0 Å². The largest absolute Gasteiger partial charge is 0.461 e. The summed E-state index contributed by atoms with van der Waals surface area (Å²) in [5, 5.41) is 36.3. The maximum absolute atomic E-state index is 12.9. The van der Waals surface area contributed by atoms with Crippen LogP contribution in [-0.4, -0.2) is 61.0 Å². The number of hydrogen-bond acceptors (Lipinski definition) is 8. The quantitative estimate of drug-likeness (QED) is 0.336. The van der Waals surface area contributed by atoms with E-state index in [2.05, 4.69) is 58.0 Å². The van der Waals surface area contributed by atoms with Gasteiger partial charge in [0.05, 0.1) is 24.0 Å². The Hall–Kier alpha value is -2.59. The van der Waals surface area contributed by atoms with Crippen LogP contribution in [0.4, 0.5) is 5.95 Å². The molecule has 3 rings (SSSR count). The first-order chi connectivity index (χ1) is 17.0. The number of nitrogens with one attached hydrogen (secondary N) is 2. The van der Waals surface area contributed by atoms with Crippen molar-refractivity contribution in [3.05, 3.63) is 23.8 Å². The van der Waals surface area contributed by atoms with Crippen LogP contribution in [0.15, 0.2) is 23.8 Å². The SMILES string of the molecule is CCC(C)(C)C(=O)O[C@H]1C[C@@H](C)C=C2C=C[C@H](C)[C@H](CC[C@@H](O)C[C@@H](O)CC(=O)Nc3nn[nH]n3)C21. The van der Waals surface area contributed by atoms with Gasteiger partial charge in [0.1, 0.15) is 6.10 Å². The maximum atomic E-state index is 12.9. The number of carbonyl (C=O) groups excluding carboxylic acids is 2. The number of amides is 1. The molecule has 0 radical (unpaired) electrons. The average Bonchev–Trinajstić information content (AvgIpc) is 3.31. The highest BCUT2D eigenvalue weighted by Gasteiger charge is 2.42.